The van der Waals surface area contributed by atoms with E-state index in [1.807, 2.05) is 24.4 Å². The lowest BCUT2D eigenvalue weighted by Gasteiger charge is -2.20. The van der Waals surface area contributed by atoms with Crippen molar-refractivity contribution in [3.8, 4) is 0 Å². The van der Waals surface area contributed by atoms with Crippen LogP contribution in [0.15, 0.2) is 47.2 Å². The van der Waals surface area contributed by atoms with Gasteiger partial charge in [0, 0.05) is 37.8 Å². The molecule has 2 aromatic rings. The van der Waals surface area contributed by atoms with Crippen molar-refractivity contribution >= 4 is 5.82 Å². The summed E-state index contributed by atoms with van der Waals surface area (Å²) < 4.78 is 5.38. The van der Waals surface area contributed by atoms with Crippen LogP contribution in [0.4, 0.5) is 5.82 Å². The molecule has 0 unspecified atom stereocenters. The number of aryl methyl sites for hydroxylation is 1. The number of hydrogen-bond acceptors (Lipinski definition) is 4. The molecule has 3 rings (SSSR count). The van der Waals surface area contributed by atoms with E-state index in [0.717, 1.165) is 37.5 Å². The van der Waals surface area contributed by atoms with E-state index in [1.54, 1.807) is 6.26 Å². The van der Waals surface area contributed by atoms with Gasteiger partial charge in [-0.25, -0.2) is 4.98 Å². The Kier molecular flexibility index (Phi) is 4.55. The number of pyridine rings is 1. The van der Waals surface area contributed by atoms with Gasteiger partial charge in [-0.3, -0.25) is 0 Å². The van der Waals surface area contributed by atoms with Crippen LogP contribution in [0, 0.1) is 0 Å². The van der Waals surface area contributed by atoms with E-state index in [0.29, 0.717) is 12.1 Å². The smallest absolute Gasteiger partial charge is 0.128 e. The highest BCUT2D eigenvalue weighted by Gasteiger charge is 2.24. The van der Waals surface area contributed by atoms with Crippen molar-refractivity contribution in [1.82, 2.24) is 10.3 Å². The van der Waals surface area contributed by atoms with Gasteiger partial charge in [-0.15, -0.1) is 0 Å². The Balaban J connectivity index is 1.44. The summed E-state index contributed by atoms with van der Waals surface area (Å²) in [7, 11) is 0. The van der Waals surface area contributed by atoms with Crippen molar-refractivity contribution in [2.45, 2.75) is 38.3 Å². The van der Waals surface area contributed by atoms with Crippen molar-refractivity contribution in [3.63, 3.8) is 0 Å². The molecule has 4 heteroatoms. The van der Waals surface area contributed by atoms with Crippen molar-refractivity contribution in [2.75, 3.05) is 18.0 Å². The fourth-order valence-corrected chi connectivity index (χ4v) is 2.94. The van der Waals surface area contributed by atoms with Crippen molar-refractivity contribution in [1.29, 1.82) is 0 Å². The molecule has 0 amide bonds. The summed E-state index contributed by atoms with van der Waals surface area (Å²) in [5.41, 5.74) is 0. The Bertz CT molecular complexity index is 526. The molecule has 1 aliphatic heterocycles. The van der Waals surface area contributed by atoms with Crippen LogP contribution in [0.5, 0.6) is 0 Å². The molecule has 21 heavy (non-hydrogen) atoms. The summed E-state index contributed by atoms with van der Waals surface area (Å²) in [6.07, 6.45) is 6.89. The van der Waals surface area contributed by atoms with Gasteiger partial charge < -0.3 is 14.6 Å². The van der Waals surface area contributed by atoms with Gasteiger partial charge in [-0.2, -0.15) is 0 Å². The number of hydrogen-bond donors (Lipinski definition) is 1. The van der Waals surface area contributed by atoms with Crippen LogP contribution in [-0.2, 0) is 6.42 Å². The molecule has 1 saturated heterocycles. The van der Waals surface area contributed by atoms with Crippen LogP contribution in [0.25, 0.3) is 0 Å². The summed E-state index contributed by atoms with van der Waals surface area (Å²) >= 11 is 0. The van der Waals surface area contributed by atoms with E-state index in [9.17, 15) is 0 Å². The third-order valence-electron chi connectivity index (χ3n) is 4.09. The maximum Gasteiger partial charge on any atom is 0.128 e. The first kappa shape index (κ1) is 14.1. The number of furan rings is 1. The number of rotatable bonds is 6. The minimum absolute atomic E-state index is 0.504. The zero-order valence-corrected chi connectivity index (χ0v) is 12.5. The van der Waals surface area contributed by atoms with Crippen LogP contribution in [0.1, 0.15) is 25.5 Å². The molecule has 1 aliphatic rings. The lowest BCUT2D eigenvalue weighted by molar-refractivity contribution is 0.425. The first-order chi connectivity index (χ1) is 10.3. The van der Waals surface area contributed by atoms with Gasteiger partial charge in [0.15, 0.2) is 0 Å². The molecule has 0 radical (unpaired) electrons. The molecule has 0 bridgehead atoms. The SMILES string of the molecule is C[C@@H](CCc1ccco1)N[C@@H]1CCN(c2ccccn2)C1. The normalized spacial score (nSPS) is 19.9. The topological polar surface area (TPSA) is 41.3 Å². The van der Waals surface area contributed by atoms with Gasteiger partial charge in [0.1, 0.15) is 11.6 Å². The quantitative estimate of drug-likeness (QED) is 0.886. The average molecular weight is 285 g/mol. The summed E-state index contributed by atoms with van der Waals surface area (Å²) in [6, 6.07) is 11.2. The molecule has 0 aliphatic carbocycles. The predicted octanol–water partition coefficient (Wildman–Crippen LogP) is 2.86. The third kappa shape index (κ3) is 3.85. The van der Waals surface area contributed by atoms with Crippen LogP contribution in [0.2, 0.25) is 0 Å². The zero-order chi connectivity index (χ0) is 14.5. The minimum Gasteiger partial charge on any atom is -0.469 e. The number of nitrogens with one attached hydrogen (secondary N) is 1. The second-order valence-corrected chi connectivity index (χ2v) is 5.81. The van der Waals surface area contributed by atoms with Gasteiger partial charge in [0.05, 0.1) is 6.26 Å². The number of aromatic nitrogens is 1. The molecule has 1 N–H and O–H groups in total. The monoisotopic (exact) mass is 285 g/mol. The van der Waals surface area contributed by atoms with Gasteiger partial charge in [-0.1, -0.05) is 6.07 Å². The summed E-state index contributed by atoms with van der Waals surface area (Å²) in [6.45, 7) is 4.38. The maximum atomic E-state index is 5.38. The lowest BCUT2D eigenvalue weighted by atomic mass is 10.1. The molecule has 1 fully saturated rings. The third-order valence-corrected chi connectivity index (χ3v) is 4.09. The molecule has 2 atom stereocenters. The molecule has 112 valence electrons. The van der Waals surface area contributed by atoms with Crippen molar-refractivity contribution in [3.05, 3.63) is 48.6 Å². The second-order valence-electron chi connectivity index (χ2n) is 5.81. The Labute approximate surface area is 126 Å². The van der Waals surface area contributed by atoms with Gasteiger partial charge in [-0.05, 0) is 44.0 Å². The zero-order valence-electron chi connectivity index (χ0n) is 12.5. The molecule has 0 aromatic carbocycles. The molecule has 4 nitrogen and oxygen atoms in total. The van der Waals surface area contributed by atoms with Crippen LogP contribution in [-0.4, -0.2) is 30.2 Å². The predicted molar refractivity (Wildman–Crippen MR) is 84.5 cm³/mol. The van der Waals surface area contributed by atoms with E-state index in [1.165, 1.54) is 6.42 Å². The standard InChI is InChI=1S/C17H23N3O/c1-14(7-8-16-5-4-12-21-16)19-15-9-11-20(13-15)17-6-2-3-10-18-17/h2-6,10,12,14-15,19H,7-9,11,13H2,1H3/t14-,15+/m0/s1. The van der Waals surface area contributed by atoms with Crippen molar-refractivity contribution in [2.24, 2.45) is 0 Å². The highest BCUT2D eigenvalue weighted by atomic mass is 16.3. The van der Waals surface area contributed by atoms with Gasteiger partial charge in [0.2, 0.25) is 0 Å². The highest BCUT2D eigenvalue weighted by Crippen LogP contribution is 2.18. The minimum atomic E-state index is 0.504. The second kappa shape index (κ2) is 6.76. The molecule has 0 saturated carbocycles. The van der Waals surface area contributed by atoms with Gasteiger partial charge in [0.25, 0.3) is 0 Å². The Morgan fingerprint density at radius 2 is 2.33 bits per heavy atom. The Hall–Kier alpha value is -1.81. The van der Waals surface area contributed by atoms with E-state index >= 15 is 0 Å². The van der Waals surface area contributed by atoms with E-state index in [-0.39, 0.29) is 0 Å². The van der Waals surface area contributed by atoms with Crippen LogP contribution >= 0.6 is 0 Å². The van der Waals surface area contributed by atoms with E-state index in [2.05, 4.69) is 34.3 Å². The molecule has 0 spiro atoms. The first-order valence-corrected chi connectivity index (χ1v) is 7.75. The molecular formula is C17H23N3O. The average Bonchev–Trinajstić information content (AvgIpc) is 3.17. The molecule has 3 heterocycles. The lowest BCUT2D eigenvalue weighted by Crippen LogP contribution is -2.38. The molecule has 2 aromatic heterocycles. The number of anilines is 1. The maximum absolute atomic E-state index is 5.38. The van der Waals surface area contributed by atoms with Crippen LogP contribution < -0.4 is 10.2 Å². The van der Waals surface area contributed by atoms with Crippen molar-refractivity contribution < 1.29 is 4.42 Å². The van der Waals surface area contributed by atoms with Gasteiger partial charge >= 0.3 is 0 Å². The molecular weight excluding hydrogens is 262 g/mol. The first-order valence-electron chi connectivity index (χ1n) is 7.75. The van der Waals surface area contributed by atoms with Crippen LogP contribution in [0.3, 0.4) is 0 Å². The largest absolute Gasteiger partial charge is 0.469 e. The highest BCUT2D eigenvalue weighted by molar-refractivity contribution is 5.39. The fourth-order valence-electron chi connectivity index (χ4n) is 2.94. The Morgan fingerprint density at radius 3 is 3.10 bits per heavy atom. The fraction of sp³-hybridized carbons (Fsp3) is 0.471. The van der Waals surface area contributed by atoms with E-state index < -0.39 is 0 Å². The summed E-state index contributed by atoms with van der Waals surface area (Å²) in [5.74, 6) is 2.16. The Morgan fingerprint density at radius 1 is 1.38 bits per heavy atom. The van der Waals surface area contributed by atoms with E-state index in [4.69, 9.17) is 4.42 Å². The summed E-state index contributed by atoms with van der Waals surface area (Å²) in [4.78, 5) is 6.79. The summed E-state index contributed by atoms with van der Waals surface area (Å²) in [5, 5.41) is 3.73. The number of nitrogens with zero attached hydrogens (tertiary/aromatic N) is 2.